The Kier molecular flexibility index (Phi) is 5.03. The Morgan fingerprint density at radius 1 is 1.18 bits per heavy atom. The number of carbonyl (C=O) groups is 1. The van der Waals surface area contributed by atoms with Crippen molar-refractivity contribution in [2.45, 2.75) is 39.7 Å². The number of aryl methyl sites for hydroxylation is 2. The fourth-order valence-corrected chi connectivity index (χ4v) is 3.91. The molecule has 6 heteroatoms. The van der Waals surface area contributed by atoms with Gasteiger partial charge in [-0.25, -0.2) is 9.97 Å². The normalized spacial score (nSPS) is 16.3. The van der Waals surface area contributed by atoms with Crippen molar-refractivity contribution in [3.63, 3.8) is 0 Å². The third-order valence-electron chi connectivity index (χ3n) is 5.77. The highest BCUT2D eigenvalue weighted by atomic mass is 16.3. The van der Waals surface area contributed by atoms with E-state index in [2.05, 4.69) is 20.2 Å². The first-order chi connectivity index (χ1) is 13.5. The lowest BCUT2D eigenvalue weighted by Crippen LogP contribution is -2.41. The molecule has 0 aliphatic carbocycles. The summed E-state index contributed by atoms with van der Waals surface area (Å²) >= 11 is 0. The third kappa shape index (κ3) is 3.46. The number of aromatic nitrogens is 2. The molecule has 3 aromatic rings. The second-order valence-electron chi connectivity index (χ2n) is 7.56. The summed E-state index contributed by atoms with van der Waals surface area (Å²) in [6, 6.07) is 10.1. The lowest BCUT2D eigenvalue weighted by atomic mass is 9.95. The van der Waals surface area contributed by atoms with Gasteiger partial charge in [-0.05, 0) is 39.2 Å². The average molecular weight is 378 g/mol. The van der Waals surface area contributed by atoms with Crippen molar-refractivity contribution in [1.82, 2.24) is 15.3 Å². The lowest BCUT2D eigenvalue weighted by Gasteiger charge is -2.33. The Balaban J connectivity index is 1.42. The topological polar surface area (TPSA) is 71.3 Å². The Labute approximate surface area is 165 Å². The largest absolute Gasteiger partial charge is 0.443 e. The van der Waals surface area contributed by atoms with Gasteiger partial charge in [0, 0.05) is 24.6 Å². The molecule has 0 saturated carbocycles. The van der Waals surface area contributed by atoms with E-state index >= 15 is 0 Å². The van der Waals surface area contributed by atoms with Crippen LogP contribution in [0.2, 0.25) is 0 Å². The standard InChI is InChI=1S/C22H26N4O2/c1-14-16(3)28-22-19(14)20(23-13-24-22)26-11-9-18(10-12-26)21(27)25-15(2)17-7-5-4-6-8-17/h4-8,13,15,18H,9-12H2,1-3H3,(H,25,27)/t15-/m0/s1. The summed E-state index contributed by atoms with van der Waals surface area (Å²) in [7, 11) is 0. The van der Waals surface area contributed by atoms with Crippen LogP contribution in [0.1, 0.15) is 42.7 Å². The number of rotatable bonds is 4. The fraction of sp³-hybridized carbons (Fsp3) is 0.409. The predicted octanol–water partition coefficient (Wildman–Crippen LogP) is 3.93. The number of hydrogen-bond acceptors (Lipinski definition) is 5. The smallest absolute Gasteiger partial charge is 0.231 e. The molecule has 1 aliphatic rings. The third-order valence-corrected chi connectivity index (χ3v) is 5.77. The minimum absolute atomic E-state index is 0.0183. The molecule has 1 saturated heterocycles. The molecular weight excluding hydrogens is 352 g/mol. The van der Waals surface area contributed by atoms with Gasteiger partial charge in [0.15, 0.2) is 0 Å². The number of piperidine rings is 1. The number of anilines is 1. The molecular formula is C22H26N4O2. The molecule has 3 heterocycles. The maximum absolute atomic E-state index is 12.7. The molecule has 1 N–H and O–H groups in total. The summed E-state index contributed by atoms with van der Waals surface area (Å²) in [6.07, 6.45) is 3.18. The van der Waals surface area contributed by atoms with Crippen LogP contribution in [-0.2, 0) is 4.79 Å². The zero-order valence-electron chi connectivity index (χ0n) is 16.6. The van der Waals surface area contributed by atoms with Gasteiger partial charge in [0.25, 0.3) is 0 Å². The van der Waals surface area contributed by atoms with Crippen molar-refractivity contribution in [3.8, 4) is 0 Å². The predicted molar refractivity (Wildman–Crippen MR) is 109 cm³/mol. The number of hydrogen-bond donors (Lipinski definition) is 1. The average Bonchev–Trinajstić information content (AvgIpc) is 3.02. The van der Waals surface area contributed by atoms with Crippen LogP contribution in [0.3, 0.4) is 0 Å². The molecule has 6 nitrogen and oxygen atoms in total. The van der Waals surface area contributed by atoms with E-state index < -0.39 is 0 Å². The highest BCUT2D eigenvalue weighted by Gasteiger charge is 2.28. The van der Waals surface area contributed by atoms with Gasteiger partial charge >= 0.3 is 0 Å². The Bertz CT molecular complexity index is 975. The zero-order chi connectivity index (χ0) is 19.7. The van der Waals surface area contributed by atoms with E-state index in [1.807, 2.05) is 51.1 Å². The molecule has 0 unspecified atom stereocenters. The van der Waals surface area contributed by atoms with Gasteiger partial charge in [-0.15, -0.1) is 0 Å². The van der Waals surface area contributed by atoms with Crippen LogP contribution in [0.5, 0.6) is 0 Å². The molecule has 2 aromatic heterocycles. The van der Waals surface area contributed by atoms with Crippen molar-refractivity contribution in [3.05, 3.63) is 53.5 Å². The van der Waals surface area contributed by atoms with E-state index in [1.165, 1.54) is 0 Å². The van der Waals surface area contributed by atoms with Gasteiger partial charge in [0.2, 0.25) is 11.6 Å². The van der Waals surface area contributed by atoms with E-state index in [9.17, 15) is 4.79 Å². The Morgan fingerprint density at radius 3 is 2.61 bits per heavy atom. The van der Waals surface area contributed by atoms with Gasteiger partial charge in [-0.1, -0.05) is 30.3 Å². The number of fused-ring (bicyclic) bond motifs is 1. The molecule has 1 amide bonds. The SMILES string of the molecule is Cc1oc2ncnc(N3CCC(C(=O)N[C@@H](C)c4ccccc4)CC3)c2c1C. The second-order valence-corrected chi connectivity index (χ2v) is 7.56. The van der Waals surface area contributed by atoms with Crippen LogP contribution < -0.4 is 10.2 Å². The molecule has 1 fully saturated rings. The number of carbonyl (C=O) groups excluding carboxylic acids is 1. The maximum atomic E-state index is 12.7. The molecule has 1 atom stereocenters. The van der Waals surface area contributed by atoms with Gasteiger partial charge in [-0.2, -0.15) is 0 Å². The zero-order valence-corrected chi connectivity index (χ0v) is 16.6. The van der Waals surface area contributed by atoms with E-state index in [-0.39, 0.29) is 17.9 Å². The van der Waals surface area contributed by atoms with Gasteiger partial charge in [0.1, 0.15) is 17.9 Å². The van der Waals surface area contributed by atoms with Gasteiger partial charge in [-0.3, -0.25) is 4.79 Å². The quantitative estimate of drug-likeness (QED) is 0.745. The summed E-state index contributed by atoms with van der Waals surface area (Å²) in [5.41, 5.74) is 2.85. The van der Waals surface area contributed by atoms with Crippen molar-refractivity contribution >= 4 is 22.8 Å². The fourth-order valence-electron chi connectivity index (χ4n) is 3.91. The van der Waals surface area contributed by atoms with E-state index in [0.29, 0.717) is 5.71 Å². The minimum Gasteiger partial charge on any atom is -0.443 e. The summed E-state index contributed by atoms with van der Waals surface area (Å²) < 4.78 is 5.73. The number of amides is 1. The van der Waals surface area contributed by atoms with Gasteiger partial charge in [0.05, 0.1) is 11.4 Å². The molecule has 4 rings (SSSR count). The molecule has 0 bridgehead atoms. The molecule has 1 aromatic carbocycles. The van der Waals surface area contributed by atoms with Crippen LogP contribution in [-0.4, -0.2) is 29.0 Å². The summed E-state index contributed by atoms with van der Waals surface area (Å²) in [6.45, 7) is 7.62. The minimum atomic E-state index is 0.0183. The molecule has 146 valence electrons. The van der Waals surface area contributed by atoms with Crippen LogP contribution in [0.25, 0.3) is 11.1 Å². The van der Waals surface area contributed by atoms with Crippen molar-refractivity contribution in [2.24, 2.45) is 5.92 Å². The number of furan rings is 1. The van der Waals surface area contributed by atoms with Crippen molar-refractivity contribution in [1.29, 1.82) is 0 Å². The maximum Gasteiger partial charge on any atom is 0.231 e. The van der Waals surface area contributed by atoms with E-state index in [4.69, 9.17) is 4.42 Å². The highest BCUT2D eigenvalue weighted by molar-refractivity contribution is 5.90. The van der Waals surface area contributed by atoms with Crippen LogP contribution >= 0.6 is 0 Å². The lowest BCUT2D eigenvalue weighted by molar-refractivity contribution is -0.126. The monoisotopic (exact) mass is 378 g/mol. The summed E-state index contributed by atoms with van der Waals surface area (Å²) in [5.74, 6) is 1.96. The number of nitrogens with zero attached hydrogens (tertiary/aromatic N) is 3. The first-order valence-electron chi connectivity index (χ1n) is 9.85. The van der Waals surface area contributed by atoms with Crippen molar-refractivity contribution in [2.75, 3.05) is 18.0 Å². The molecule has 0 spiro atoms. The number of nitrogens with one attached hydrogen (secondary N) is 1. The molecule has 1 aliphatic heterocycles. The van der Waals surface area contributed by atoms with Crippen molar-refractivity contribution < 1.29 is 9.21 Å². The van der Waals surface area contributed by atoms with E-state index in [0.717, 1.165) is 54.0 Å². The first-order valence-corrected chi connectivity index (χ1v) is 9.85. The Hall–Kier alpha value is -2.89. The number of benzene rings is 1. The molecule has 28 heavy (non-hydrogen) atoms. The summed E-state index contributed by atoms with van der Waals surface area (Å²) in [5, 5.41) is 4.15. The summed E-state index contributed by atoms with van der Waals surface area (Å²) in [4.78, 5) is 23.7. The molecule has 0 radical (unpaired) electrons. The first kappa shape index (κ1) is 18.5. The van der Waals surface area contributed by atoms with E-state index in [1.54, 1.807) is 6.33 Å². The van der Waals surface area contributed by atoms with Crippen LogP contribution in [0.4, 0.5) is 5.82 Å². The van der Waals surface area contributed by atoms with Crippen LogP contribution in [0.15, 0.2) is 41.1 Å². The van der Waals surface area contributed by atoms with Crippen LogP contribution in [0, 0.1) is 19.8 Å². The highest BCUT2D eigenvalue weighted by Crippen LogP contribution is 2.32. The van der Waals surface area contributed by atoms with Gasteiger partial charge < -0.3 is 14.6 Å². The second kappa shape index (κ2) is 7.62. The Morgan fingerprint density at radius 2 is 1.89 bits per heavy atom.